The summed E-state index contributed by atoms with van der Waals surface area (Å²) in [7, 11) is 0. The van der Waals surface area contributed by atoms with Gasteiger partial charge in [-0.15, -0.1) is 0 Å². The first-order chi connectivity index (χ1) is 10.1. The number of carboxylic acids is 1. The van der Waals surface area contributed by atoms with Crippen LogP contribution in [0.5, 0.6) is 0 Å². The Morgan fingerprint density at radius 1 is 1.38 bits per heavy atom. The third-order valence-electron chi connectivity index (χ3n) is 3.78. The normalized spacial score (nSPS) is 19.9. The molecule has 1 fully saturated rings. The zero-order valence-electron chi connectivity index (χ0n) is 12.8. The Morgan fingerprint density at radius 2 is 2.10 bits per heavy atom. The predicted molar refractivity (Wildman–Crippen MR) is 82.3 cm³/mol. The molecule has 116 valence electrons. The number of carbonyl (C=O) groups is 1. The maximum absolute atomic E-state index is 11.5. The molecular formula is C17H25NO3. The highest BCUT2D eigenvalue weighted by atomic mass is 16.5. The molecule has 1 aromatic rings. The van der Waals surface area contributed by atoms with Gasteiger partial charge in [0.1, 0.15) is 6.04 Å². The van der Waals surface area contributed by atoms with Crippen LogP contribution in [0.1, 0.15) is 43.9 Å². The lowest BCUT2D eigenvalue weighted by Crippen LogP contribution is -2.34. The van der Waals surface area contributed by atoms with Crippen molar-refractivity contribution in [1.82, 2.24) is 5.32 Å². The third kappa shape index (κ3) is 4.83. The van der Waals surface area contributed by atoms with E-state index in [4.69, 9.17) is 4.74 Å². The minimum atomic E-state index is -0.843. The molecule has 4 nitrogen and oxygen atoms in total. The van der Waals surface area contributed by atoms with E-state index < -0.39 is 12.0 Å². The Labute approximate surface area is 126 Å². The molecule has 1 aliphatic heterocycles. The van der Waals surface area contributed by atoms with Crippen LogP contribution in [0.25, 0.3) is 0 Å². The van der Waals surface area contributed by atoms with E-state index >= 15 is 0 Å². The molecule has 4 heteroatoms. The monoisotopic (exact) mass is 291 g/mol. The molecule has 1 heterocycles. The molecule has 0 aliphatic carbocycles. The smallest absolute Gasteiger partial charge is 0.325 e. The van der Waals surface area contributed by atoms with Gasteiger partial charge in [-0.1, -0.05) is 38.1 Å². The van der Waals surface area contributed by atoms with Gasteiger partial charge >= 0.3 is 5.97 Å². The Kier molecular flexibility index (Phi) is 5.76. The zero-order valence-corrected chi connectivity index (χ0v) is 12.8. The van der Waals surface area contributed by atoms with Gasteiger partial charge in [-0.05, 0) is 36.3 Å². The van der Waals surface area contributed by atoms with Crippen LogP contribution in [0.3, 0.4) is 0 Å². The first kappa shape index (κ1) is 16.0. The molecule has 0 spiro atoms. The van der Waals surface area contributed by atoms with Crippen molar-refractivity contribution in [3.63, 3.8) is 0 Å². The lowest BCUT2D eigenvalue weighted by molar-refractivity contribution is -0.139. The molecule has 21 heavy (non-hydrogen) atoms. The van der Waals surface area contributed by atoms with Gasteiger partial charge in [0, 0.05) is 13.2 Å². The average Bonchev–Trinajstić information content (AvgIpc) is 2.93. The molecule has 1 aromatic carbocycles. The third-order valence-corrected chi connectivity index (χ3v) is 3.78. The summed E-state index contributed by atoms with van der Waals surface area (Å²) in [4.78, 5) is 11.5. The highest BCUT2D eigenvalue weighted by molar-refractivity contribution is 5.75. The molecular weight excluding hydrogens is 266 g/mol. The summed E-state index contributed by atoms with van der Waals surface area (Å²) in [6.07, 6.45) is 3.23. The van der Waals surface area contributed by atoms with Crippen molar-refractivity contribution in [2.45, 2.75) is 45.3 Å². The Bertz CT molecular complexity index is 450. The number of rotatable bonds is 7. The second-order valence-electron chi connectivity index (χ2n) is 6.15. The summed E-state index contributed by atoms with van der Waals surface area (Å²) in [6, 6.07) is 7.22. The summed E-state index contributed by atoms with van der Waals surface area (Å²) < 4.78 is 5.53. The van der Waals surface area contributed by atoms with E-state index in [-0.39, 0.29) is 6.10 Å². The summed E-state index contributed by atoms with van der Waals surface area (Å²) in [5.74, 6) is -0.242. The molecule has 2 N–H and O–H groups in total. The van der Waals surface area contributed by atoms with Crippen LogP contribution in [-0.2, 0) is 16.0 Å². The van der Waals surface area contributed by atoms with Crippen LogP contribution in [0.2, 0.25) is 0 Å². The summed E-state index contributed by atoms with van der Waals surface area (Å²) in [6.45, 7) is 5.73. The standard InChI is InChI=1S/C17H25NO3/c1-12(2)10-13-5-7-14(8-6-13)16(17(19)20)18-11-15-4-3-9-21-15/h5-8,12,15-16,18H,3-4,9-11H2,1-2H3,(H,19,20). The van der Waals surface area contributed by atoms with Crippen molar-refractivity contribution in [1.29, 1.82) is 0 Å². The molecule has 0 radical (unpaired) electrons. The molecule has 2 rings (SSSR count). The highest BCUT2D eigenvalue weighted by Gasteiger charge is 2.22. The van der Waals surface area contributed by atoms with Crippen LogP contribution < -0.4 is 5.32 Å². The largest absolute Gasteiger partial charge is 0.480 e. The SMILES string of the molecule is CC(C)Cc1ccc(C(NCC2CCCO2)C(=O)O)cc1. The zero-order chi connectivity index (χ0) is 15.2. The molecule has 1 aliphatic rings. The van der Waals surface area contributed by atoms with Gasteiger partial charge in [0.25, 0.3) is 0 Å². The van der Waals surface area contributed by atoms with Crippen molar-refractivity contribution < 1.29 is 14.6 Å². The van der Waals surface area contributed by atoms with Gasteiger partial charge in [-0.25, -0.2) is 0 Å². The van der Waals surface area contributed by atoms with Gasteiger partial charge < -0.3 is 9.84 Å². The van der Waals surface area contributed by atoms with Crippen LogP contribution >= 0.6 is 0 Å². The van der Waals surface area contributed by atoms with Gasteiger partial charge in [0.05, 0.1) is 6.10 Å². The number of aliphatic carboxylic acids is 1. The lowest BCUT2D eigenvalue weighted by atomic mass is 9.99. The molecule has 0 aromatic heterocycles. The van der Waals surface area contributed by atoms with Crippen LogP contribution in [0.15, 0.2) is 24.3 Å². The highest BCUT2D eigenvalue weighted by Crippen LogP contribution is 2.18. The Balaban J connectivity index is 1.98. The molecule has 2 unspecified atom stereocenters. The van der Waals surface area contributed by atoms with Crippen molar-refractivity contribution in [3.05, 3.63) is 35.4 Å². The van der Waals surface area contributed by atoms with Crippen LogP contribution in [0, 0.1) is 5.92 Å². The molecule has 2 atom stereocenters. The topological polar surface area (TPSA) is 58.6 Å². The van der Waals surface area contributed by atoms with Crippen LogP contribution in [0.4, 0.5) is 0 Å². The second kappa shape index (κ2) is 7.57. The maximum Gasteiger partial charge on any atom is 0.325 e. The average molecular weight is 291 g/mol. The maximum atomic E-state index is 11.5. The van der Waals surface area contributed by atoms with E-state index in [1.807, 2.05) is 24.3 Å². The molecule has 0 amide bonds. The number of nitrogens with one attached hydrogen (secondary N) is 1. The van der Waals surface area contributed by atoms with Gasteiger partial charge in [-0.3, -0.25) is 10.1 Å². The minimum Gasteiger partial charge on any atom is -0.480 e. The molecule has 0 saturated carbocycles. The van der Waals surface area contributed by atoms with E-state index in [0.717, 1.165) is 31.4 Å². The van der Waals surface area contributed by atoms with Crippen molar-refractivity contribution in [3.8, 4) is 0 Å². The van der Waals surface area contributed by atoms with E-state index in [9.17, 15) is 9.90 Å². The quantitative estimate of drug-likeness (QED) is 0.811. The van der Waals surface area contributed by atoms with Gasteiger partial charge in [0.2, 0.25) is 0 Å². The van der Waals surface area contributed by atoms with Crippen molar-refractivity contribution >= 4 is 5.97 Å². The first-order valence-electron chi connectivity index (χ1n) is 7.73. The number of benzene rings is 1. The summed E-state index contributed by atoms with van der Waals surface area (Å²) in [5.41, 5.74) is 2.05. The Morgan fingerprint density at radius 3 is 2.62 bits per heavy atom. The van der Waals surface area contributed by atoms with Crippen LogP contribution in [-0.4, -0.2) is 30.3 Å². The lowest BCUT2D eigenvalue weighted by Gasteiger charge is -2.18. The van der Waals surface area contributed by atoms with Gasteiger partial charge in [-0.2, -0.15) is 0 Å². The number of hydrogen-bond donors (Lipinski definition) is 2. The molecule has 0 bridgehead atoms. The second-order valence-corrected chi connectivity index (χ2v) is 6.15. The fraction of sp³-hybridized carbons (Fsp3) is 0.588. The summed E-state index contributed by atoms with van der Waals surface area (Å²) >= 11 is 0. The summed E-state index contributed by atoms with van der Waals surface area (Å²) in [5, 5.41) is 12.5. The number of ether oxygens (including phenoxy) is 1. The van der Waals surface area contributed by atoms with E-state index in [1.165, 1.54) is 5.56 Å². The van der Waals surface area contributed by atoms with E-state index in [0.29, 0.717) is 12.5 Å². The first-order valence-corrected chi connectivity index (χ1v) is 7.73. The van der Waals surface area contributed by atoms with E-state index in [2.05, 4.69) is 19.2 Å². The number of carboxylic acid groups (broad SMARTS) is 1. The van der Waals surface area contributed by atoms with Crippen molar-refractivity contribution in [2.75, 3.05) is 13.2 Å². The van der Waals surface area contributed by atoms with Gasteiger partial charge in [0.15, 0.2) is 0 Å². The minimum absolute atomic E-state index is 0.145. The predicted octanol–water partition coefficient (Wildman–Crippen LogP) is 2.78. The Hall–Kier alpha value is -1.39. The van der Waals surface area contributed by atoms with E-state index in [1.54, 1.807) is 0 Å². The number of hydrogen-bond acceptors (Lipinski definition) is 3. The van der Waals surface area contributed by atoms with Crippen molar-refractivity contribution in [2.24, 2.45) is 5.92 Å². The fourth-order valence-electron chi connectivity index (χ4n) is 2.72. The fourth-order valence-corrected chi connectivity index (χ4v) is 2.72. The molecule has 1 saturated heterocycles.